The number of aryl methyl sites for hydroxylation is 2. The summed E-state index contributed by atoms with van der Waals surface area (Å²) >= 11 is 0. The maximum absolute atomic E-state index is 10.0. The summed E-state index contributed by atoms with van der Waals surface area (Å²) in [5.41, 5.74) is 4.04. The van der Waals surface area contributed by atoms with Gasteiger partial charge in [0.2, 0.25) is 0 Å². The highest BCUT2D eigenvalue weighted by Gasteiger charge is 2.24. The first kappa shape index (κ1) is 28.2. The summed E-state index contributed by atoms with van der Waals surface area (Å²) in [6, 6.07) is 4.41. The van der Waals surface area contributed by atoms with E-state index in [1.807, 2.05) is 53.7 Å². The van der Waals surface area contributed by atoms with Gasteiger partial charge in [0.05, 0.1) is 12.2 Å². The molecule has 2 aliphatic rings. The first-order valence-electron chi connectivity index (χ1n) is 12.2. The molecule has 6 nitrogen and oxygen atoms in total. The second-order valence-electron chi connectivity index (χ2n) is 7.89. The van der Waals surface area contributed by atoms with Crippen LogP contribution in [-0.4, -0.2) is 45.4 Å². The minimum atomic E-state index is -0.412. The Morgan fingerprint density at radius 2 is 1.09 bits per heavy atom. The number of aromatic nitrogens is 2. The predicted octanol–water partition coefficient (Wildman–Crippen LogP) is 4.40. The van der Waals surface area contributed by atoms with Crippen LogP contribution in [0.2, 0.25) is 0 Å². The molecule has 0 aliphatic carbocycles. The Kier molecular flexibility index (Phi) is 14.0. The largest absolute Gasteiger partial charge is 0.387 e. The maximum Gasteiger partial charge on any atom is 0.0957 e. The van der Waals surface area contributed by atoms with Crippen molar-refractivity contribution in [2.75, 3.05) is 13.1 Å². The van der Waals surface area contributed by atoms with E-state index in [0.717, 1.165) is 61.0 Å². The predicted molar refractivity (Wildman–Crippen MR) is 133 cm³/mol. The highest BCUT2D eigenvalue weighted by atomic mass is 16.3. The number of aliphatic hydroxyl groups is 2. The molecule has 0 saturated carbocycles. The average molecular weight is 445 g/mol. The lowest BCUT2D eigenvalue weighted by molar-refractivity contribution is 0.137. The molecule has 4 N–H and O–H groups in total. The molecule has 0 bridgehead atoms. The molecule has 4 atom stereocenters. The summed E-state index contributed by atoms with van der Waals surface area (Å²) < 4.78 is 0. The molecule has 0 spiro atoms. The number of rotatable bonds is 4. The van der Waals surface area contributed by atoms with Gasteiger partial charge in [0.1, 0.15) is 0 Å². The third-order valence-corrected chi connectivity index (χ3v) is 5.43. The van der Waals surface area contributed by atoms with Gasteiger partial charge < -0.3 is 20.8 Å². The Morgan fingerprint density at radius 3 is 1.38 bits per heavy atom. The third kappa shape index (κ3) is 8.94. The fourth-order valence-electron chi connectivity index (χ4n) is 3.91. The minimum Gasteiger partial charge on any atom is -0.387 e. The molecule has 0 aromatic carbocycles. The minimum absolute atomic E-state index is 0.207. The van der Waals surface area contributed by atoms with Crippen LogP contribution in [0.15, 0.2) is 36.9 Å². The molecular weight excluding hydrogens is 400 g/mol. The monoisotopic (exact) mass is 444 g/mol. The molecule has 0 amide bonds. The van der Waals surface area contributed by atoms with Crippen LogP contribution in [-0.2, 0) is 0 Å². The van der Waals surface area contributed by atoms with Crippen molar-refractivity contribution in [1.29, 1.82) is 0 Å². The van der Waals surface area contributed by atoms with Crippen LogP contribution >= 0.6 is 0 Å². The van der Waals surface area contributed by atoms with E-state index in [0.29, 0.717) is 0 Å². The van der Waals surface area contributed by atoms with Gasteiger partial charge in [-0.05, 0) is 63.7 Å². The lowest BCUT2D eigenvalue weighted by Crippen LogP contribution is -2.28. The van der Waals surface area contributed by atoms with Crippen molar-refractivity contribution < 1.29 is 10.2 Å². The molecular formula is C26H44N4O2. The first-order valence-corrected chi connectivity index (χ1v) is 12.2. The van der Waals surface area contributed by atoms with Crippen molar-refractivity contribution >= 4 is 0 Å². The summed E-state index contributed by atoms with van der Waals surface area (Å²) in [4.78, 5) is 8.18. The van der Waals surface area contributed by atoms with E-state index in [1.54, 1.807) is 24.8 Å². The second kappa shape index (κ2) is 15.9. The summed E-state index contributed by atoms with van der Waals surface area (Å²) in [6.45, 7) is 14.0. The van der Waals surface area contributed by atoms with Crippen LogP contribution in [0.1, 0.15) is 87.8 Å². The van der Waals surface area contributed by atoms with Gasteiger partial charge in [-0.3, -0.25) is 9.97 Å². The molecule has 32 heavy (non-hydrogen) atoms. The van der Waals surface area contributed by atoms with Crippen LogP contribution in [0, 0.1) is 13.8 Å². The molecule has 6 heteroatoms. The van der Waals surface area contributed by atoms with Crippen LogP contribution in [0.4, 0.5) is 0 Å². The van der Waals surface area contributed by atoms with Crippen molar-refractivity contribution in [3.63, 3.8) is 0 Å². The van der Waals surface area contributed by atoms with Crippen molar-refractivity contribution in [2.45, 2.75) is 91.5 Å². The van der Waals surface area contributed by atoms with Gasteiger partial charge >= 0.3 is 0 Å². The topological polar surface area (TPSA) is 90.3 Å². The van der Waals surface area contributed by atoms with E-state index < -0.39 is 12.2 Å². The van der Waals surface area contributed by atoms with E-state index in [-0.39, 0.29) is 12.1 Å². The molecule has 180 valence electrons. The molecule has 2 aliphatic heterocycles. The normalized spacial score (nSPS) is 21.1. The summed E-state index contributed by atoms with van der Waals surface area (Å²) in [7, 11) is 0. The number of aliphatic hydroxyl groups excluding tert-OH is 2. The Bertz CT molecular complexity index is 681. The van der Waals surface area contributed by atoms with Crippen LogP contribution < -0.4 is 10.6 Å². The van der Waals surface area contributed by atoms with Gasteiger partial charge in [-0.1, -0.05) is 39.8 Å². The molecule has 0 radical (unpaired) electrons. The van der Waals surface area contributed by atoms with Crippen molar-refractivity contribution in [2.24, 2.45) is 0 Å². The molecule has 4 rings (SSSR count). The molecule has 4 heterocycles. The summed E-state index contributed by atoms with van der Waals surface area (Å²) in [6.07, 6.45) is 10.7. The van der Waals surface area contributed by atoms with Gasteiger partial charge in [0.25, 0.3) is 0 Å². The molecule has 2 aromatic rings. The number of nitrogens with zero attached hydrogens (tertiary/aromatic N) is 2. The van der Waals surface area contributed by atoms with Crippen molar-refractivity contribution in [1.82, 2.24) is 20.6 Å². The van der Waals surface area contributed by atoms with E-state index in [9.17, 15) is 10.2 Å². The van der Waals surface area contributed by atoms with E-state index >= 15 is 0 Å². The Balaban J connectivity index is 0.000000277. The number of pyridine rings is 2. The van der Waals surface area contributed by atoms with Gasteiger partial charge in [-0.2, -0.15) is 0 Å². The molecule has 1 unspecified atom stereocenters. The van der Waals surface area contributed by atoms with Crippen molar-refractivity contribution in [3.8, 4) is 0 Å². The second-order valence-corrected chi connectivity index (χ2v) is 7.89. The SMILES string of the molecule is CC.CC.Cc1cncc([C@@H](O)C2CCCN2)c1.Cc1cncc([C@@H](O)[C@H]2CCCN2)c1. The highest BCUT2D eigenvalue weighted by molar-refractivity contribution is 5.21. The lowest BCUT2D eigenvalue weighted by Gasteiger charge is -2.18. The Labute approximate surface area is 194 Å². The van der Waals surface area contributed by atoms with E-state index in [1.165, 1.54) is 0 Å². The fraction of sp³-hybridized carbons (Fsp3) is 0.615. The van der Waals surface area contributed by atoms with Crippen molar-refractivity contribution in [3.05, 3.63) is 59.2 Å². The van der Waals surface area contributed by atoms with Gasteiger partial charge in [0, 0.05) is 48.0 Å². The van der Waals surface area contributed by atoms with E-state index in [2.05, 4.69) is 20.6 Å². The Morgan fingerprint density at radius 1 is 0.719 bits per heavy atom. The molecule has 2 saturated heterocycles. The zero-order valence-electron chi connectivity index (χ0n) is 20.8. The quantitative estimate of drug-likeness (QED) is 0.559. The lowest BCUT2D eigenvalue weighted by atomic mass is 10.0. The number of hydrogen-bond donors (Lipinski definition) is 4. The molecule has 2 aromatic heterocycles. The van der Waals surface area contributed by atoms with Crippen LogP contribution in [0.3, 0.4) is 0 Å². The molecule has 2 fully saturated rings. The van der Waals surface area contributed by atoms with Gasteiger partial charge in [-0.15, -0.1) is 0 Å². The fourth-order valence-corrected chi connectivity index (χ4v) is 3.91. The standard InChI is InChI=1S/2C11H16N2O.2C2H6/c2*1-8-5-9(7-12-6-8)11(14)10-3-2-4-13-10;2*1-2/h2*5-7,10-11,13-14H,2-4H2,1H3;2*1-2H3/t10?,11-;10-,11-;;/m11../s1. The number of hydrogen-bond acceptors (Lipinski definition) is 6. The summed E-state index contributed by atoms with van der Waals surface area (Å²) in [5, 5.41) is 26.7. The highest BCUT2D eigenvalue weighted by Crippen LogP contribution is 2.23. The van der Waals surface area contributed by atoms with E-state index in [4.69, 9.17) is 0 Å². The average Bonchev–Trinajstić information content (AvgIpc) is 3.56. The first-order chi connectivity index (χ1) is 15.5. The van der Waals surface area contributed by atoms with Crippen LogP contribution in [0.5, 0.6) is 0 Å². The summed E-state index contributed by atoms with van der Waals surface area (Å²) in [5.74, 6) is 0. The van der Waals surface area contributed by atoms with Gasteiger partial charge in [-0.25, -0.2) is 0 Å². The third-order valence-electron chi connectivity index (χ3n) is 5.43. The zero-order chi connectivity index (χ0) is 23.9. The van der Waals surface area contributed by atoms with Gasteiger partial charge in [0.15, 0.2) is 0 Å². The smallest absolute Gasteiger partial charge is 0.0957 e. The zero-order valence-corrected chi connectivity index (χ0v) is 20.8. The van der Waals surface area contributed by atoms with Crippen LogP contribution in [0.25, 0.3) is 0 Å². The Hall–Kier alpha value is -1.86. The maximum atomic E-state index is 10.0. The number of nitrogens with one attached hydrogen (secondary N) is 2.